The number of nitrogens with one attached hydrogen (secondary N) is 2. The Morgan fingerprint density at radius 2 is 1.70 bits per heavy atom. The average molecular weight is 432 g/mol. The maximum absolute atomic E-state index is 12.2. The molecule has 2 aromatic carbocycles. The van der Waals surface area contributed by atoms with Crippen LogP contribution in [-0.2, 0) is 21.2 Å². The predicted molar refractivity (Wildman–Crippen MR) is 101 cm³/mol. The Labute approximate surface area is 165 Å². The van der Waals surface area contributed by atoms with E-state index in [1.54, 1.807) is 18.2 Å². The largest absolute Gasteiger partial charge is 0.354 e. The molecule has 0 atom stereocenters. The van der Waals surface area contributed by atoms with Crippen molar-refractivity contribution >= 4 is 44.8 Å². The second-order valence-electron chi connectivity index (χ2n) is 5.38. The lowest BCUT2D eigenvalue weighted by atomic mass is 10.1. The molecule has 0 saturated heterocycles. The smallest absolute Gasteiger partial charge is 0.270 e. The molecule has 0 aliphatic carbocycles. The predicted octanol–water partition coefficient (Wildman–Crippen LogP) is 2.54. The molecule has 0 bridgehead atoms. The second kappa shape index (κ2) is 9.14. The zero-order valence-electron chi connectivity index (χ0n) is 13.8. The van der Waals surface area contributed by atoms with Gasteiger partial charge in [-0.15, -0.1) is 0 Å². The van der Waals surface area contributed by atoms with Gasteiger partial charge in [-0.05, 0) is 23.8 Å². The molecule has 27 heavy (non-hydrogen) atoms. The number of rotatable bonds is 8. The van der Waals surface area contributed by atoms with Crippen LogP contribution < -0.4 is 10.0 Å². The lowest BCUT2D eigenvalue weighted by Gasteiger charge is -2.09. The molecule has 0 saturated carbocycles. The Balaban J connectivity index is 1.88. The van der Waals surface area contributed by atoms with Gasteiger partial charge in [-0.1, -0.05) is 35.3 Å². The van der Waals surface area contributed by atoms with Gasteiger partial charge in [0.05, 0.1) is 16.2 Å². The Kier molecular flexibility index (Phi) is 7.14. The third-order valence-electron chi connectivity index (χ3n) is 3.48. The number of sulfonamides is 1. The number of nitro groups is 1. The maximum Gasteiger partial charge on any atom is 0.270 e. The van der Waals surface area contributed by atoms with Crippen molar-refractivity contribution in [2.24, 2.45) is 0 Å². The first-order valence-corrected chi connectivity index (χ1v) is 9.88. The number of nitro benzene ring substituents is 1. The number of carbonyl (C=O) groups is 1. The van der Waals surface area contributed by atoms with Gasteiger partial charge >= 0.3 is 0 Å². The minimum absolute atomic E-state index is 0.0229. The highest BCUT2D eigenvalue weighted by Crippen LogP contribution is 2.24. The standard InChI is InChI=1S/C16H15Cl2N3O5S/c17-14-5-2-6-15(18)13(14)10-16(22)19-7-8-20-27(25,26)12-4-1-3-11(9-12)21(23)24/h1-6,9,20H,7-8,10H2,(H,19,22). The molecule has 2 rings (SSSR count). The molecule has 8 nitrogen and oxygen atoms in total. The number of halogens is 2. The lowest BCUT2D eigenvalue weighted by Crippen LogP contribution is -2.35. The van der Waals surface area contributed by atoms with Crippen LogP contribution in [0.1, 0.15) is 5.56 Å². The minimum atomic E-state index is -3.93. The van der Waals surface area contributed by atoms with Gasteiger partial charge in [0.1, 0.15) is 0 Å². The van der Waals surface area contributed by atoms with Crippen molar-refractivity contribution in [3.05, 3.63) is 68.2 Å². The molecular formula is C16H15Cl2N3O5S. The fourth-order valence-corrected chi connectivity index (χ4v) is 3.76. The Morgan fingerprint density at radius 3 is 2.33 bits per heavy atom. The van der Waals surface area contributed by atoms with Crippen molar-refractivity contribution in [2.75, 3.05) is 13.1 Å². The topological polar surface area (TPSA) is 118 Å². The highest BCUT2D eigenvalue weighted by atomic mass is 35.5. The summed E-state index contributed by atoms with van der Waals surface area (Å²) in [4.78, 5) is 21.8. The van der Waals surface area contributed by atoms with Crippen LogP contribution in [0.2, 0.25) is 10.0 Å². The number of amides is 1. The Bertz CT molecular complexity index is 946. The summed E-state index contributed by atoms with van der Waals surface area (Å²) in [6.45, 7) is -0.0674. The molecule has 0 spiro atoms. The molecule has 0 aliphatic rings. The van der Waals surface area contributed by atoms with Crippen molar-refractivity contribution in [3.63, 3.8) is 0 Å². The molecule has 144 valence electrons. The molecule has 1 amide bonds. The molecular weight excluding hydrogens is 417 g/mol. The number of hydrogen-bond donors (Lipinski definition) is 2. The second-order valence-corrected chi connectivity index (χ2v) is 7.96. The third kappa shape index (κ3) is 5.90. The normalized spacial score (nSPS) is 11.2. The number of hydrogen-bond acceptors (Lipinski definition) is 5. The first kappa shape index (κ1) is 21.1. The van der Waals surface area contributed by atoms with E-state index in [4.69, 9.17) is 23.2 Å². The summed E-state index contributed by atoms with van der Waals surface area (Å²) >= 11 is 12.0. The Hall–Kier alpha value is -2.20. The summed E-state index contributed by atoms with van der Waals surface area (Å²) in [6, 6.07) is 9.57. The summed E-state index contributed by atoms with van der Waals surface area (Å²) in [5, 5.41) is 14.0. The van der Waals surface area contributed by atoms with Crippen LogP contribution in [0.25, 0.3) is 0 Å². The monoisotopic (exact) mass is 431 g/mol. The summed E-state index contributed by atoms with van der Waals surface area (Å²) in [6.07, 6.45) is -0.0455. The van der Waals surface area contributed by atoms with Crippen LogP contribution in [0.15, 0.2) is 47.4 Å². The molecule has 0 aliphatic heterocycles. The fraction of sp³-hybridized carbons (Fsp3) is 0.188. The van der Waals surface area contributed by atoms with Crippen molar-refractivity contribution in [3.8, 4) is 0 Å². The number of carbonyl (C=O) groups excluding carboxylic acids is 1. The van der Waals surface area contributed by atoms with Gasteiger partial charge in [-0.2, -0.15) is 0 Å². The van der Waals surface area contributed by atoms with E-state index in [1.165, 1.54) is 18.2 Å². The lowest BCUT2D eigenvalue weighted by molar-refractivity contribution is -0.385. The van der Waals surface area contributed by atoms with Gasteiger partial charge in [-0.25, -0.2) is 13.1 Å². The van der Waals surface area contributed by atoms with Gasteiger partial charge in [0.2, 0.25) is 15.9 Å². The van der Waals surface area contributed by atoms with Crippen molar-refractivity contribution in [1.82, 2.24) is 10.0 Å². The molecule has 0 radical (unpaired) electrons. The SMILES string of the molecule is O=C(Cc1c(Cl)cccc1Cl)NCCNS(=O)(=O)c1cccc([N+](=O)[O-])c1. The number of nitrogens with zero attached hydrogens (tertiary/aromatic N) is 1. The van der Waals surface area contributed by atoms with Gasteiger partial charge in [0.25, 0.3) is 5.69 Å². The summed E-state index contributed by atoms with van der Waals surface area (Å²) in [7, 11) is -3.93. The number of non-ortho nitro benzene ring substituents is 1. The van der Waals surface area contributed by atoms with Crippen molar-refractivity contribution in [2.45, 2.75) is 11.3 Å². The first-order valence-electron chi connectivity index (χ1n) is 7.64. The van der Waals surface area contributed by atoms with Gasteiger partial charge < -0.3 is 5.32 Å². The molecule has 0 fully saturated rings. The van der Waals surface area contributed by atoms with E-state index in [0.29, 0.717) is 15.6 Å². The van der Waals surface area contributed by atoms with Crippen LogP contribution in [0.3, 0.4) is 0 Å². The zero-order chi connectivity index (χ0) is 20.0. The highest BCUT2D eigenvalue weighted by Gasteiger charge is 2.17. The molecule has 2 N–H and O–H groups in total. The summed E-state index contributed by atoms with van der Waals surface area (Å²) in [5.74, 6) is -0.375. The molecule has 2 aromatic rings. The van der Waals surface area contributed by atoms with Crippen LogP contribution in [0.4, 0.5) is 5.69 Å². The maximum atomic E-state index is 12.2. The fourth-order valence-electron chi connectivity index (χ4n) is 2.16. The molecule has 11 heteroatoms. The van der Waals surface area contributed by atoms with Crippen LogP contribution >= 0.6 is 23.2 Å². The van der Waals surface area contributed by atoms with Crippen molar-refractivity contribution in [1.29, 1.82) is 0 Å². The van der Waals surface area contributed by atoms with E-state index >= 15 is 0 Å². The van der Waals surface area contributed by atoms with Gasteiger partial charge in [-0.3, -0.25) is 14.9 Å². The molecule has 0 aromatic heterocycles. The van der Waals surface area contributed by atoms with E-state index in [9.17, 15) is 23.3 Å². The average Bonchev–Trinajstić information content (AvgIpc) is 2.62. The zero-order valence-corrected chi connectivity index (χ0v) is 16.1. The van der Waals surface area contributed by atoms with Gasteiger partial charge in [0.15, 0.2) is 0 Å². The Morgan fingerprint density at radius 1 is 1.07 bits per heavy atom. The van der Waals surface area contributed by atoms with Crippen LogP contribution in [0, 0.1) is 10.1 Å². The van der Waals surface area contributed by atoms with E-state index < -0.39 is 14.9 Å². The van der Waals surface area contributed by atoms with E-state index in [0.717, 1.165) is 6.07 Å². The van der Waals surface area contributed by atoms with E-state index in [2.05, 4.69) is 10.0 Å². The first-order chi connectivity index (χ1) is 12.7. The number of benzene rings is 2. The van der Waals surface area contributed by atoms with Crippen LogP contribution in [-0.4, -0.2) is 32.3 Å². The molecule has 0 heterocycles. The van der Waals surface area contributed by atoms with E-state index in [1.807, 2.05) is 0 Å². The summed E-state index contributed by atoms with van der Waals surface area (Å²) < 4.78 is 26.6. The van der Waals surface area contributed by atoms with E-state index in [-0.39, 0.29) is 36.0 Å². The quantitative estimate of drug-likeness (QED) is 0.378. The minimum Gasteiger partial charge on any atom is -0.354 e. The third-order valence-corrected chi connectivity index (χ3v) is 5.64. The van der Waals surface area contributed by atoms with Gasteiger partial charge in [0, 0.05) is 35.3 Å². The summed E-state index contributed by atoms with van der Waals surface area (Å²) in [5.41, 5.74) is 0.151. The molecule has 0 unspecified atom stereocenters. The van der Waals surface area contributed by atoms with Crippen LogP contribution in [0.5, 0.6) is 0 Å². The van der Waals surface area contributed by atoms with Crippen molar-refractivity contribution < 1.29 is 18.1 Å². The highest BCUT2D eigenvalue weighted by molar-refractivity contribution is 7.89.